The Bertz CT molecular complexity index is 760. The fourth-order valence-corrected chi connectivity index (χ4v) is 3.14. The highest BCUT2D eigenvalue weighted by molar-refractivity contribution is 5.57. The van der Waals surface area contributed by atoms with Crippen molar-refractivity contribution < 1.29 is 14.3 Å². The minimum absolute atomic E-state index is 0.375. The quantitative estimate of drug-likeness (QED) is 0.830. The van der Waals surface area contributed by atoms with Crippen LogP contribution in [0.1, 0.15) is 29.9 Å². The number of nitrogens with one attached hydrogen (secondary N) is 1. The van der Waals surface area contributed by atoms with Crippen LogP contribution in [0.25, 0.3) is 0 Å². The summed E-state index contributed by atoms with van der Waals surface area (Å²) in [5, 5.41) is 3.06. The summed E-state index contributed by atoms with van der Waals surface area (Å²) in [6.45, 7) is 0. The molecule has 1 saturated carbocycles. The van der Waals surface area contributed by atoms with E-state index >= 15 is 0 Å². The van der Waals surface area contributed by atoms with E-state index in [0.717, 1.165) is 41.3 Å². The van der Waals surface area contributed by atoms with E-state index in [1.165, 1.54) is 5.56 Å². The molecule has 0 amide bonds. The van der Waals surface area contributed by atoms with Gasteiger partial charge in [0.05, 0.1) is 0 Å². The van der Waals surface area contributed by atoms with Crippen molar-refractivity contribution >= 4 is 12.1 Å². The Morgan fingerprint density at radius 1 is 1.43 bits per heavy atom. The highest BCUT2D eigenvalue weighted by Gasteiger charge is 2.48. The molecule has 2 aliphatic rings. The van der Waals surface area contributed by atoms with E-state index in [2.05, 4.69) is 16.4 Å². The second-order valence-corrected chi connectivity index (χ2v) is 5.89. The molecule has 1 fully saturated rings. The van der Waals surface area contributed by atoms with Gasteiger partial charge in [-0.1, -0.05) is 0 Å². The highest BCUT2D eigenvalue weighted by atomic mass is 16.5. The van der Waals surface area contributed by atoms with Gasteiger partial charge in [0.1, 0.15) is 35.5 Å². The summed E-state index contributed by atoms with van der Waals surface area (Å²) in [7, 11) is 1.82. The standard InChI is InChI=1S/C18H18N2O3/c1-19-18-12(3-2-8-21)16(6-7-20-18)22-11-4-5-15-13(9-11)14-10-17(14)23-15/h4-9,14,17H,2-3,10H2,1H3,(H,19,20)/t14?,17-/m1/s1. The van der Waals surface area contributed by atoms with E-state index in [1.807, 2.05) is 25.2 Å². The molecule has 2 heterocycles. The lowest BCUT2D eigenvalue weighted by molar-refractivity contribution is -0.107. The summed E-state index contributed by atoms with van der Waals surface area (Å²) < 4.78 is 11.9. The topological polar surface area (TPSA) is 60.5 Å². The predicted molar refractivity (Wildman–Crippen MR) is 86.5 cm³/mol. The number of carbonyl (C=O) groups is 1. The summed E-state index contributed by atoms with van der Waals surface area (Å²) >= 11 is 0. The lowest BCUT2D eigenvalue weighted by atomic mass is 10.1. The number of hydrogen-bond donors (Lipinski definition) is 1. The van der Waals surface area contributed by atoms with Gasteiger partial charge in [0.25, 0.3) is 0 Å². The molecule has 2 atom stereocenters. The third-order valence-corrected chi connectivity index (χ3v) is 4.38. The Morgan fingerprint density at radius 2 is 2.35 bits per heavy atom. The number of rotatable bonds is 6. The number of ether oxygens (including phenoxy) is 2. The second-order valence-electron chi connectivity index (χ2n) is 5.89. The van der Waals surface area contributed by atoms with Crippen LogP contribution in [-0.4, -0.2) is 24.4 Å². The normalized spacial score (nSPS) is 20.2. The molecule has 0 spiro atoms. The van der Waals surface area contributed by atoms with Crippen LogP contribution in [0.3, 0.4) is 0 Å². The highest BCUT2D eigenvalue weighted by Crippen LogP contribution is 2.54. The Balaban J connectivity index is 1.63. The van der Waals surface area contributed by atoms with Gasteiger partial charge in [0, 0.05) is 36.7 Å². The molecule has 1 aliphatic carbocycles. The maximum atomic E-state index is 10.7. The molecule has 0 radical (unpaired) electrons. The lowest BCUT2D eigenvalue weighted by Crippen LogP contribution is -2.02. The molecule has 4 rings (SSSR count). The van der Waals surface area contributed by atoms with Crippen LogP contribution in [0.4, 0.5) is 5.82 Å². The number of pyridine rings is 1. The van der Waals surface area contributed by atoms with Gasteiger partial charge in [-0.15, -0.1) is 0 Å². The van der Waals surface area contributed by atoms with Crippen LogP contribution in [0.2, 0.25) is 0 Å². The van der Waals surface area contributed by atoms with E-state index in [4.69, 9.17) is 9.47 Å². The number of hydrogen-bond acceptors (Lipinski definition) is 5. The average molecular weight is 310 g/mol. The molecule has 1 aromatic heterocycles. The van der Waals surface area contributed by atoms with Gasteiger partial charge in [0.2, 0.25) is 0 Å². The zero-order valence-electron chi connectivity index (χ0n) is 12.9. The number of benzene rings is 1. The van der Waals surface area contributed by atoms with Crippen molar-refractivity contribution in [2.24, 2.45) is 0 Å². The molecule has 0 bridgehead atoms. The van der Waals surface area contributed by atoms with Gasteiger partial charge in [-0.05, 0) is 37.1 Å². The van der Waals surface area contributed by atoms with Crippen molar-refractivity contribution in [3.63, 3.8) is 0 Å². The minimum atomic E-state index is 0.375. The Kier molecular flexibility index (Phi) is 3.41. The SMILES string of the molecule is CNc1nccc(Oc2ccc3c(c2)C2C[C@H]2O3)c1CCC=O. The minimum Gasteiger partial charge on any atom is -0.489 e. The summed E-state index contributed by atoms with van der Waals surface area (Å²) in [6, 6.07) is 7.80. The van der Waals surface area contributed by atoms with Gasteiger partial charge in [-0.25, -0.2) is 4.98 Å². The number of anilines is 1. The Morgan fingerprint density at radius 3 is 3.17 bits per heavy atom. The number of aldehydes is 1. The molecule has 118 valence electrons. The van der Waals surface area contributed by atoms with Crippen LogP contribution in [0.15, 0.2) is 30.5 Å². The van der Waals surface area contributed by atoms with Crippen LogP contribution in [-0.2, 0) is 11.2 Å². The Hall–Kier alpha value is -2.56. The largest absolute Gasteiger partial charge is 0.489 e. The number of aromatic nitrogens is 1. The zero-order valence-corrected chi connectivity index (χ0v) is 12.9. The van der Waals surface area contributed by atoms with Gasteiger partial charge in [0.15, 0.2) is 0 Å². The predicted octanol–water partition coefficient (Wildman–Crippen LogP) is 3.30. The van der Waals surface area contributed by atoms with Crippen molar-refractivity contribution in [1.29, 1.82) is 0 Å². The van der Waals surface area contributed by atoms with Crippen molar-refractivity contribution in [3.8, 4) is 17.2 Å². The number of fused-ring (bicyclic) bond motifs is 3. The smallest absolute Gasteiger partial charge is 0.135 e. The van der Waals surface area contributed by atoms with Gasteiger partial charge in [-0.2, -0.15) is 0 Å². The molecular formula is C18H18N2O3. The first-order chi connectivity index (χ1) is 11.3. The zero-order chi connectivity index (χ0) is 15.8. The maximum absolute atomic E-state index is 10.7. The summed E-state index contributed by atoms with van der Waals surface area (Å²) in [5.74, 6) is 3.79. The summed E-state index contributed by atoms with van der Waals surface area (Å²) in [5.41, 5.74) is 2.16. The first kappa shape index (κ1) is 14.1. The molecule has 23 heavy (non-hydrogen) atoms. The molecule has 1 N–H and O–H groups in total. The van der Waals surface area contributed by atoms with E-state index in [1.54, 1.807) is 6.20 Å². The van der Waals surface area contributed by atoms with Crippen molar-refractivity contribution in [2.75, 3.05) is 12.4 Å². The van der Waals surface area contributed by atoms with E-state index in [0.29, 0.717) is 24.9 Å². The van der Waals surface area contributed by atoms with Gasteiger partial charge < -0.3 is 19.6 Å². The first-order valence-electron chi connectivity index (χ1n) is 7.88. The van der Waals surface area contributed by atoms with Crippen LogP contribution in [0, 0.1) is 0 Å². The van der Waals surface area contributed by atoms with E-state index < -0.39 is 0 Å². The third-order valence-electron chi connectivity index (χ3n) is 4.38. The van der Waals surface area contributed by atoms with Crippen LogP contribution < -0.4 is 14.8 Å². The van der Waals surface area contributed by atoms with E-state index in [-0.39, 0.29) is 0 Å². The first-order valence-corrected chi connectivity index (χ1v) is 7.88. The second kappa shape index (κ2) is 5.57. The van der Waals surface area contributed by atoms with Crippen molar-refractivity contribution in [1.82, 2.24) is 4.98 Å². The molecule has 1 unspecified atom stereocenters. The average Bonchev–Trinajstić information content (AvgIpc) is 3.26. The summed E-state index contributed by atoms with van der Waals surface area (Å²) in [4.78, 5) is 15.0. The fraction of sp³-hybridized carbons (Fsp3) is 0.333. The Labute approximate surface area is 134 Å². The fourth-order valence-electron chi connectivity index (χ4n) is 3.14. The molecule has 1 aliphatic heterocycles. The molecule has 5 heteroatoms. The van der Waals surface area contributed by atoms with Crippen LogP contribution >= 0.6 is 0 Å². The molecule has 5 nitrogen and oxygen atoms in total. The van der Waals surface area contributed by atoms with Crippen LogP contribution in [0.5, 0.6) is 17.2 Å². The third kappa shape index (κ3) is 2.52. The van der Waals surface area contributed by atoms with E-state index in [9.17, 15) is 4.79 Å². The van der Waals surface area contributed by atoms with Gasteiger partial charge in [-0.3, -0.25) is 0 Å². The number of carbonyl (C=O) groups excluding carboxylic acids is 1. The lowest BCUT2D eigenvalue weighted by Gasteiger charge is -2.14. The number of nitrogens with zero attached hydrogens (tertiary/aromatic N) is 1. The van der Waals surface area contributed by atoms with Crippen molar-refractivity contribution in [3.05, 3.63) is 41.6 Å². The molecule has 2 aromatic rings. The monoisotopic (exact) mass is 310 g/mol. The molecule has 0 saturated heterocycles. The van der Waals surface area contributed by atoms with Crippen molar-refractivity contribution in [2.45, 2.75) is 31.3 Å². The summed E-state index contributed by atoms with van der Waals surface area (Å²) in [6.07, 6.45) is 5.15. The van der Waals surface area contributed by atoms with Gasteiger partial charge >= 0.3 is 0 Å². The molecular weight excluding hydrogens is 292 g/mol. The maximum Gasteiger partial charge on any atom is 0.135 e. The molecule has 1 aromatic carbocycles.